The number of rotatable bonds is 6. The van der Waals surface area contributed by atoms with Gasteiger partial charge in [-0.2, -0.15) is 0 Å². The lowest BCUT2D eigenvalue weighted by molar-refractivity contribution is -0.121. The van der Waals surface area contributed by atoms with Crippen molar-refractivity contribution in [3.63, 3.8) is 0 Å². The summed E-state index contributed by atoms with van der Waals surface area (Å²) in [4.78, 5) is 12.1. The number of nitrogens with two attached hydrogens (primary N) is 1. The molecule has 3 heteroatoms. The molecule has 0 bridgehead atoms. The lowest BCUT2D eigenvalue weighted by atomic mass is 10.0. The van der Waals surface area contributed by atoms with Crippen molar-refractivity contribution >= 4 is 5.91 Å². The maximum Gasteiger partial charge on any atom is 0.224 e. The molecule has 0 saturated heterocycles. The van der Waals surface area contributed by atoms with Crippen LogP contribution < -0.4 is 11.1 Å². The summed E-state index contributed by atoms with van der Waals surface area (Å²) in [6, 6.07) is 6.56. The second-order valence-corrected chi connectivity index (χ2v) is 6.26. The van der Waals surface area contributed by atoms with Crippen molar-refractivity contribution < 1.29 is 4.79 Å². The first-order valence-electron chi connectivity index (χ1n) is 7.68. The number of nitrogens with one attached hydrogen (secondary N) is 1. The zero-order valence-corrected chi connectivity index (χ0v) is 12.6. The third kappa shape index (κ3) is 4.07. The molecule has 1 aromatic rings. The van der Waals surface area contributed by atoms with Gasteiger partial charge in [0.05, 0.1) is 6.42 Å². The highest BCUT2D eigenvalue weighted by Crippen LogP contribution is 2.23. The van der Waals surface area contributed by atoms with Gasteiger partial charge in [0.1, 0.15) is 0 Å². The van der Waals surface area contributed by atoms with Gasteiger partial charge in [0, 0.05) is 12.6 Å². The molecule has 1 amide bonds. The number of hydrogen-bond acceptors (Lipinski definition) is 2. The number of amides is 1. The van der Waals surface area contributed by atoms with E-state index in [1.807, 2.05) is 0 Å². The zero-order valence-electron chi connectivity index (χ0n) is 12.6. The Morgan fingerprint density at radius 1 is 1.30 bits per heavy atom. The Balaban J connectivity index is 1.90. The number of carbonyl (C=O) groups is 1. The summed E-state index contributed by atoms with van der Waals surface area (Å²) in [6.07, 6.45) is 4.98. The van der Waals surface area contributed by atoms with Gasteiger partial charge in [0.25, 0.3) is 0 Å². The molecule has 3 N–H and O–H groups in total. The Bertz CT molecular complexity index is 468. The molecule has 1 atom stereocenters. The fourth-order valence-corrected chi connectivity index (χ4v) is 2.98. The van der Waals surface area contributed by atoms with Crippen molar-refractivity contribution in [2.75, 3.05) is 6.54 Å². The summed E-state index contributed by atoms with van der Waals surface area (Å²) >= 11 is 0. The van der Waals surface area contributed by atoms with Crippen LogP contribution in [0.2, 0.25) is 0 Å². The van der Waals surface area contributed by atoms with Gasteiger partial charge in [-0.1, -0.05) is 32.0 Å². The monoisotopic (exact) mass is 274 g/mol. The molecule has 1 aromatic carbocycles. The average Bonchev–Trinajstić information content (AvgIpc) is 2.84. The summed E-state index contributed by atoms with van der Waals surface area (Å²) in [6.45, 7) is 4.80. The van der Waals surface area contributed by atoms with Crippen LogP contribution in [0.5, 0.6) is 0 Å². The Hall–Kier alpha value is -1.35. The second-order valence-electron chi connectivity index (χ2n) is 6.26. The number of aryl methyl sites for hydroxylation is 2. The Kier molecular flexibility index (Phi) is 5.18. The van der Waals surface area contributed by atoms with Gasteiger partial charge in [-0.05, 0) is 48.3 Å². The van der Waals surface area contributed by atoms with Gasteiger partial charge >= 0.3 is 0 Å². The molecular weight excluding hydrogens is 248 g/mol. The Morgan fingerprint density at radius 2 is 2.05 bits per heavy atom. The highest BCUT2D eigenvalue weighted by molar-refractivity contribution is 5.79. The molecule has 0 aliphatic heterocycles. The van der Waals surface area contributed by atoms with Gasteiger partial charge < -0.3 is 11.1 Å². The molecule has 0 saturated carbocycles. The first kappa shape index (κ1) is 15.0. The smallest absolute Gasteiger partial charge is 0.224 e. The van der Waals surface area contributed by atoms with E-state index in [9.17, 15) is 4.79 Å². The number of hydrogen-bond donors (Lipinski definition) is 2. The molecule has 0 aromatic heterocycles. The van der Waals surface area contributed by atoms with Gasteiger partial charge in [0.2, 0.25) is 5.91 Å². The maximum atomic E-state index is 12.1. The minimum Gasteiger partial charge on any atom is -0.352 e. The molecule has 0 heterocycles. The molecule has 0 spiro atoms. The fraction of sp³-hybridized carbons (Fsp3) is 0.588. The van der Waals surface area contributed by atoms with Crippen LogP contribution in [0.15, 0.2) is 18.2 Å². The van der Waals surface area contributed by atoms with Gasteiger partial charge in [-0.25, -0.2) is 0 Å². The molecule has 110 valence electrons. The first-order chi connectivity index (χ1) is 9.58. The summed E-state index contributed by atoms with van der Waals surface area (Å²) in [7, 11) is 0. The SMILES string of the molecule is CC(C)CC(CN)NC(=O)Cc1ccc2c(c1)CCC2. The molecule has 1 aliphatic rings. The number of fused-ring (bicyclic) bond motifs is 1. The quantitative estimate of drug-likeness (QED) is 0.835. The van der Waals surface area contributed by atoms with Gasteiger partial charge in [-0.3, -0.25) is 4.79 Å². The van der Waals surface area contributed by atoms with Crippen LogP contribution in [0.4, 0.5) is 0 Å². The number of benzene rings is 1. The van der Waals surface area contributed by atoms with Crippen molar-refractivity contribution in [1.29, 1.82) is 0 Å². The van der Waals surface area contributed by atoms with E-state index < -0.39 is 0 Å². The van der Waals surface area contributed by atoms with E-state index in [2.05, 4.69) is 37.4 Å². The molecule has 0 fully saturated rings. The van der Waals surface area contributed by atoms with Crippen LogP contribution in [0.3, 0.4) is 0 Å². The van der Waals surface area contributed by atoms with Crippen molar-refractivity contribution in [3.05, 3.63) is 34.9 Å². The summed E-state index contributed by atoms with van der Waals surface area (Å²) in [5.74, 6) is 0.628. The van der Waals surface area contributed by atoms with Gasteiger partial charge in [0.15, 0.2) is 0 Å². The minimum absolute atomic E-state index is 0.0825. The maximum absolute atomic E-state index is 12.1. The van der Waals surface area contributed by atoms with Crippen LogP contribution in [-0.2, 0) is 24.1 Å². The predicted octanol–water partition coefficient (Wildman–Crippen LogP) is 2.21. The van der Waals surface area contributed by atoms with E-state index in [4.69, 9.17) is 5.73 Å². The summed E-state index contributed by atoms with van der Waals surface area (Å²) in [5.41, 5.74) is 9.71. The van der Waals surface area contributed by atoms with Crippen LogP contribution in [0.25, 0.3) is 0 Å². The third-order valence-corrected chi connectivity index (χ3v) is 3.93. The van der Waals surface area contributed by atoms with E-state index >= 15 is 0 Å². The Morgan fingerprint density at radius 3 is 2.75 bits per heavy atom. The Labute approximate surface area is 121 Å². The van der Waals surface area contributed by atoms with Crippen LogP contribution in [0.1, 0.15) is 43.4 Å². The fourth-order valence-electron chi connectivity index (χ4n) is 2.98. The molecule has 1 unspecified atom stereocenters. The van der Waals surface area contributed by atoms with Crippen molar-refractivity contribution in [2.24, 2.45) is 11.7 Å². The molecule has 1 aliphatic carbocycles. The lowest BCUT2D eigenvalue weighted by Crippen LogP contribution is -2.41. The average molecular weight is 274 g/mol. The summed E-state index contributed by atoms with van der Waals surface area (Å²) in [5, 5.41) is 3.05. The molecule has 2 rings (SSSR count). The van der Waals surface area contributed by atoms with Gasteiger partial charge in [-0.15, -0.1) is 0 Å². The second kappa shape index (κ2) is 6.89. The molecule has 0 radical (unpaired) electrons. The molecule has 20 heavy (non-hydrogen) atoms. The number of carbonyl (C=O) groups excluding carboxylic acids is 1. The lowest BCUT2D eigenvalue weighted by Gasteiger charge is -2.19. The van der Waals surface area contributed by atoms with E-state index in [0.717, 1.165) is 18.4 Å². The highest BCUT2D eigenvalue weighted by Gasteiger charge is 2.15. The largest absolute Gasteiger partial charge is 0.352 e. The van der Waals surface area contributed by atoms with E-state index in [1.54, 1.807) is 0 Å². The predicted molar refractivity (Wildman–Crippen MR) is 82.6 cm³/mol. The van der Waals surface area contributed by atoms with Crippen LogP contribution in [-0.4, -0.2) is 18.5 Å². The minimum atomic E-state index is 0.0825. The summed E-state index contributed by atoms with van der Waals surface area (Å²) < 4.78 is 0. The van der Waals surface area contributed by atoms with E-state index in [0.29, 0.717) is 18.9 Å². The standard InChI is InChI=1S/C17H26N2O/c1-12(2)8-16(11-18)19-17(20)10-13-6-7-14-4-3-5-15(14)9-13/h6-7,9,12,16H,3-5,8,10-11,18H2,1-2H3,(H,19,20). The van der Waals surface area contributed by atoms with Crippen molar-refractivity contribution in [2.45, 2.75) is 52.0 Å². The normalized spacial score (nSPS) is 15.2. The third-order valence-electron chi connectivity index (χ3n) is 3.93. The topological polar surface area (TPSA) is 55.1 Å². The van der Waals surface area contributed by atoms with Crippen molar-refractivity contribution in [1.82, 2.24) is 5.32 Å². The first-order valence-corrected chi connectivity index (χ1v) is 7.68. The van der Waals surface area contributed by atoms with E-state index in [-0.39, 0.29) is 11.9 Å². The zero-order chi connectivity index (χ0) is 14.5. The molecule has 3 nitrogen and oxygen atoms in total. The van der Waals surface area contributed by atoms with Crippen molar-refractivity contribution in [3.8, 4) is 0 Å². The van der Waals surface area contributed by atoms with Crippen LogP contribution >= 0.6 is 0 Å². The van der Waals surface area contributed by atoms with Crippen LogP contribution in [0, 0.1) is 5.92 Å². The highest BCUT2D eigenvalue weighted by atomic mass is 16.1. The van der Waals surface area contributed by atoms with E-state index in [1.165, 1.54) is 24.0 Å². The molecular formula is C17H26N2O.